The highest BCUT2D eigenvalue weighted by Gasteiger charge is 2.15. The Balaban J connectivity index is 1.89. The SMILES string of the molecule is Cc1ccc(C)n1-c1ccc(Br)cc1C(=O)NCc1ccc(Cl)cc1. The van der Waals surface area contributed by atoms with Gasteiger partial charge in [0.25, 0.3) is 5.91 Å². The molecule has 0 bridgehead atoms. The Labute approximate surface area is 160 Å². The van der Waals surface area contributed by atoms with E-state index in [0.717, 1.165) is 27.1 Å². The van der Waals surface area contributed by atoms with Crippen LogP contribution in [0.1, 0.15) is 27.3 Å². The van der Waals surface area contributed by atoms with Gasteiger partial charge >= 0.3 is 0 Å². The first kappa shape index (κ1) is 17.8. The van der Waals surface area contributed by atoms with Crippen LogP contribution in [-0.4, -0.2) is 10.5 Å². The van der Waals surface area contributed by atoms with Gasteiger partial charge in [-0.15, -0.1) is 0 Å². The average Bonchev–Trinajstić information content (AvgIpc) is 2.93. The van der Waals surface area contributed by atoms with Crippen molar-refractivity contribution in [1.29, 1.82) is 0 Å². The molecule has 3 aromatic rings. The van der Waals surface area contributed by atoms with Crippen LogP contribution in [0.3, 0.4) is 0 Å². The molecule has 0 saturated carbocycles. The summed E-state index contributed by atoms with van der Waals surface area (Å²) in [6.45, 7) is 4.51. The van der Waals surface area contributed by atoms with Crippen LogP contribution in [-0.2, 0) is 6.54 Å². The van der Waals surface area contributed by atoms with Crippen molar-refractivity contribution < 1.29 is 4.79 Å². The Hall–Kier alpha value is -2.04. The molecule has 5 heteroatoms. The standard InChI is InChI=1S/C20H18BrClN2O/c1-13-3-4-14(2)24(13)19-10-7-16(21)11-18(19)20(25)23-12-15-5-8-17(22)9-6-15/h3-11H,12H2,1-2H3,(H,23,25). The number of aromatic nitrogens is 1. The fourth-order valence-corrected chi connectivity index (χ4v) is 3.30. The minimum Gasteiger partial charge on any atom is -0.348 e. The number of carbonyl (C=O) groups is 1. The molecule has 0 aliphatic carbocycles. The monoisotopic (exact) mass is 416 g/mol. The lowest BCUT2D eigenvalue weighted by molar-refractivity contribution is 0.0951. The maximum atomic E-state index is 12.8. The Morgan fingerprint density at radius 3 is 2.32 bits per heavy atom. The summed E-state index contributed by atoms with van der Waals surface area (Å²) in [5.74, 6) is -0.112. The van der Waals surface area contributed by atoms with Crippen LogP contribution in [0.2, 0.25) is 5.02 Å². The summed E-state index contributed by atoms with van der Waals surface area (Å²) in [5.41, 5.74) is 4.68. The van der Waals surface area contributed by atoms with E-state index in [4.69, 9.17) is 11.6 Å². The van der Waals surface area contributed by atoms with E-state index >= 15 is 0 Å². The van der Waals surface area contributed by atoms with E-state index in [2.05, 4.69) is 25.8 Å². The Bertz CT molecular complexity index is 896. The highest BCUT2D eigenvalue weighted by molar-refractivity contribution is 9.10. The number of nitrogens with zero attached hydrogens (tertiary/aromatic N) is 1. The Morgan fingerprint density at radius 1 is 1.04 bits per heavy atom. The summed E-state index contributed by atoms with van der Waals surface area (Å²) in [6, 6.07) is 17.3. The van der Waals surface area contributed by atoms with Crippen molar-refractivity contribution in [2.75, 3.05) is 0 Å². The van der Waals surface area contributed by atoms with Gasteiger partial charge in [-0.3, -0.25) is 4.79 Å². The van der Waals surface area contributed by atoms with Crippen LogP contribution >= 0.6 is 27.5 Å². The van der Waals surface area contributed by atoms with Crippen LogP contribution in [0.15, 0.2) is 59.1 Å². The van der Waals surface area contributed by atoms with Crippen LogP contribution in [0.25, 0.3) is 5.69 Å². The molecular formula is C20H18BrClN2O. The predicted molar refractivity (Wildman–Crippen MR) is 106 cm³/mol. The van der Waals surface area contributed by atoms with Gasteiger partial charge < -0.3 is 9.88 Å². The van der Waals surface area contributed by atoms with E-state index in [1.807, 2.05) is 68.4 Å². The van der Waals surface area contributed by atoms with Gasteiger partial charge in [-0.05, 0) is 61.9 Å². The maximum absolute atomic E-state index is 12.8. The van der Waals surface area contributed by atoms with E-state index in [-0.39, 0.29) is 5.91 Å². The van der Waals surface area contributed by atoms with Crippen molar-refractivity contribution in [3.05, 3.63) is 86.6 Å². The largest absolute Gasteiger partial charge is 0.348 e. The molecule has 0 saturated heterocycles. The van der Waals surface area contributed by atoms with Crippen molar-refractivity contribution in [2.45, 2.75) is 20.4 Å². The molecule has 0 aliphatic heterocycles. The summed E-state index contributed by atoms with van der Waals surface area (Å²) in [6.07, 6.45) is 0. The number of hydrogen-bond donors (Lipinski definition) is 1. The summed E-state index contributed by atoms with van der Waals surface area (Å²) >= 11 is 9.36. The lowest BCUT2D eigenvalue weighted by Crippen LogP contribution is -2.24. The van der Waals surface area contributed by atoms with E-state index < -0.39 is 0 Å². The van der Waals surface area contributed by atoms with Gasteiger partial charge in [0.2, 0.25) is 0 Å². The zero-order chi connectivity index (χ0) is 18.0. The molecule has 128 valence electrons. The molecule has 1 heterocycles. The third-order valence-electron chi connectivity index (χ3n) is 4.08. The zero-order valence-corrected chi connectivity index (χ0v) is 16.4. The number of nitrogens with one attached hydrogen (secondary N) is 1. The minimum atomic E-state index is -0.112. The number of benzene rings is 2. The topological polar surface area (TPSA) is 34.0 Å². The van der Waals surface area contributed by atoms with Crippen LogP contribution in [0.5, 0.6) is 0 Å². The van der Waals surface area contributed by atoms with Crippen molar-refractivity contribution in [1.82, 2.24) is 9.88 Å². The fraction of sp³-hybridized carbons (Fsp3) is 0.150. The van der Waals surface area contributed by atoms with Gasteiger partial charge in [-0.1, -0.05) is 39.7 Å². The van der Waals surface area contributed by atoms with Crippen molar-refractivity contribution in [3.8, 4) is 5.69 Å². The highest BCUT2D eigenvalue weighted by atomic mass is 79.9. The fourth-order valence-electron chi connectivity index (χ4n) is 2.81. The Morgan fingerprint density at radius 2 is 1.68 bits per heavy atom. The molecule has 0 spiro atoms. The van der Waals surface area contributed by atoms with Gasteiger partial charge in [0.05, 0.1) is 11.3 Å². The molecule has 25 heavy (non-hydrogen) atoms. The third kappa shape index (κ3) is 3.97. The molecule has 1 aromatic heterocycles. The second-order valence-electron chi connectivity index (χ2n) is 5.92. The molecule has 0 unspecified atom stereocenters. The van der Waals surface area contributed by atoms with Gasteiger partial charge in [-0.2, -0.15) is 0 Å². The van der Waals surface area contributed by atoms with Crippen molar-refractivity contribution in [3.63, 3.8) is 0 Å². The lowest BCUT2D eigenvalue weighted by Gasteiger charge is -2.15. The van der Waals surface area contributed by atoms with Crippen LogP contribution in [0.4, 0.5) is 0 Å². The van der Waals surface area contributed by atoms with Crippen molar-refractivity contribution in [2.24, 2.45) is 0 Å². The quantitative estimate of drug-likeness (QED) is 0.602. The number of hydrogen-bond acceptors (Lipinski definition) is 1. The normalized spacial score (nSPS) is 10.7. The van der Waals surface area contributed by atoms with Crippen LogP contribution < -0.4 is 5.32 Å². The molecule has 1 N–H and O–H groups in total. The molecule has 0 radical (unpaired) electrons. The number of rotatable bonds is 4. The molecule has 1 amide bonds. The second kappa shape index (κ2) is 7.46. The van der Waals surface area contributed by atoms with Crippen LogP contribution in [0, 0.1) is 13.8 Å². The number of aryl methyl sites for hydroxylation is 2. The number of amides is 1. The van der Waals surface area contributed by atoms with Gasteiger partial charge in [0.15, 0.2) is 0 Å². The minimum absolute atomic E-state index is 0.112. The third-order valence-corrected chi connectivity index (χ3v) is 4.83. The first-order chi connectivity index (χ1) is 12.0. The molecule has 0 aliphatic rings. The molecule has 0 fully saturated rings. The number of carbonyl (C=O) groups excluding carboxylic acids is 1. The Kier molecular flexibility index (Phi) is 5.30. The summed E-state index contributed by atoms with van der Waals surface area (Å²) < 4.78 is 2.96. The predicted octanol–water partition coefficient (Wildman–Crippen LogP) is 5.44. The van der Waals surface area contributed by atoms with E-state index in [0.29, 0.717) is 17.1 Å². The van der Waals surface area contributed by atoms with E-state index in [1.165, 1.54) is 0 Å². The zero-order valence-electron chi connectivity index (χ0n) is 14.0. The summed E-state index contributed by atoms with van der Waals surface area (Å²) in [7, 11) is 0. The number of halogens is 2. The molecular weight excluding hydrogens is 400 g/mol. The molecule has 3 rings (SSSR count). The van der Waals surface area contributed by atoms with E-state index in [1.54, 1.807) is 0 Å². The van der Waals surface area contributed by atoms with Gasteiger partial charge in [0, 0.05) is 27.4 Å². The smallest absolute Gasteiger partial charge is 0.253 e. The molecule has 2 aromatic carbocycles. The second-order valence-corrected chi connectivity index (χ2v) is 7.27. The first-order valence-corrected chi connectivity index (χ1v) is 9.10. The molecule has 3 nitrogen and oxygen atoms in total. The van der Waals surface area contributed by atoms with E-state index in [9.17, 15) is 4.79 Å². The van der Waals surface area contributed by atoms with Gasteiger partial charge in [0.1, 0.15) is 0 Å². The summed E-state index contributed by atoms with van der Waals surface area (Å²) in [5, 5.41) is 3.67. The summed E-state index contributed by atoms with van der Waals surface area (Å²) in [4.78, 5) is 12.8. The van der Waals surface area contributed by atoms with Crippen molar-refractivity contribution >= 4 is 33.4 Å². The first-order valence-electron chi connectivity index (χ1n) is 7.93. The lowest BCUT2D eigenvalue weighted by atomic mass is 10.1. The highest BCUT2D eigenvalue weighted by Crippen LogP contribution is 2.24. The molecule has 0 atom stereocenters. The van der Waals surface area contributed by atoms with Gasteiger partial charge in [-0.25, -0.2) is 0 Å². The maximum Gasteiger partial charge on any atom is 0.253 e. The average molecular weight is 418 g/mol.